The van der Waals surface area contributed by atoms with Gasteiger partial charge in [-0.15, -0.1) is 6.42 Å². The molecule has 1 fully saturated rings. The fourth-order valence-electron chi connectivity index (χ4n) is 5.24. The maximum absolute atomic E-state index is 11.9. The quantitative estimate of drug-likeness (QED) is 0.335. The van der Waals surface area contributed by atoms with Crippen molar-refractivity contribution >= 4 is 11.6 Å². The Bertz CT molecular complexity index is 1530. The summed E-state index contributed by atoms with van der Waals surface area (Å²) in [6.45, 7) is 5.66. The van der Waals surface area contributed by atoms with Crippen molar-refractivity contribution < 1.29 is 9.53 Å². The van der Waals surface area contributed by atoms with E-state index in [2.05, 4.69) is 53.2 Å². The number of hydrogen-bond acceptors (Lipinski definition) is 5. The van der Waals surface area contributed by atoms with Gasteiger partial charge in [0.15, 0.2) is 5.65 Å². The van der Waals surface area contributed by atoms with Crippen LogP contribution in [0, 0.1) is 12.3 Å². The zero-order valence-electron chi connectivity index (χ0n) is 20.4. The van der Waals surface area contributed by atoms with Crippen LogP contribution in [0.4, 0.5) is 0 Å². The van der Waals surface area contributed by atoms with E-state index in [1.807, 2.05) is 33.7 Å². The maximum atomic E-state index is 11.9. The molecule has 1 amide bonds. The number of carbonyl (C=O) groups excluding carboxylic acids is 1. The van der Waals surface area contributed by atoms with Gasteiger partial charge in [0.1, 0.15) is 23.7 Å². The number of amides is 1. The number of terminal acetylenes is 1. The van der Waals surface area contributed by atoms with Crippen LogP contribution in [0.1, 0.15) is 30.1 Å². The van der Waals surface area contributed by atoms with Crippen LogP contribution in [-0.2, 0) is 4.79 Å². The number of ether oxygens (including phenoxy) is 1. The molecule has 7 heteroatoms. The maximum Gasteiger partial charge on any atom is 0.245 e. The number of nitrogens with one attached hydrogen (secondary N) is 1. The van der Waals surface area contributed by atoms with Gasteiger partial charge < -0.3 is 15.0 Å². The van der Waals surface area contributed by atoms with E-state index >= 15 is 0 Å². The van der Waals surface area contributed by atoms with Crippen molar-refractivity contribution in [2.45, 2.75) is 24.9 Å². The number of imidazole rings is 1. The van der Waals surface area contributed by atoms with Gasteiger partial charge in [-0.1, -0.05) is 49.0 Å². The van der Waals surface area contributed by atoms with Gasteiger partial charge in [-0.05, 0) is 43.0 Å². The molecule has 0 saturated carbocycles. The molecule has 2 aromatic carbocycles. The lowest BCUT2D eigenvalue weighted by Gasteiger charge is -2.33. The van der Waals surface area contributed by atoms with Crippen molar-refractivity contribution in [3.63, 3.8) is 0 Å². The molecule has 2 aliphatic heterocycles. The number of carbonyl (C=O) groups is 1. The lowest BCUT2D eigenvalue weighted by molar-refractivity contribution is -0.127. The zero-order chi connectivity index (χ0) is 25.4. The highest BCUT2D eigenvalue weighted by atomic mass is 16.5. The van der Waals surface area contributed by atoms with Crippen molar-refractivity contribution in [1.82, 2.24) is 24.8 Å². The number of likely N-dealkylation sites (tertiary alicyclic amines) is 1. The van der Waals surface area contributed by atoms with Crippen LogP contribution in [0.15, 0.2) is 73.3 Å². The van der Waals surface area contributed by atoms with Crippen molar-refractivity contribution in [2.75, 3.05) is 19.7 Å². The van der Waals surface area contributed by atoms with E-state index in [4.69, 9.17) is 16.1 Å². The first-order chi connectivity index (χ1) is 18.1. The highest BCUT2D eigenvalue weighted by Gasteiger charge is 2.30. The van der Waals surface area contributed by atoms with Crippen molar-refractivity contribution in [2.24, 2.45) is 0 Å². The number of nitrogens with zero attached hydrogens (tertiary/aromatic N) is 4. The molecule has 2 aromatic heterocycles. The van der Waals surface area contributed by atoms with E-state index < -0.39 is 0 Å². The Hall–Kier alpha value is -4.41. The highest BCUT2D eigenvalue weighted by Crippen LogP contribution is 2.39. The van der Waals surface area contributed by atoms with Crippen LogP contribution in [0.2, 0.25) is 0 Å². The molecule has 1 N–H and O–H groups in total. The van der Waals surface area contributed by atoms with Gasteiger partial charge in [0, 0.05) is 35.8 Å². The lowest BCUT2D eigenvalue weighted by Crippen LogP contribution is -2.45. The van der Waals surface area contributed by atoms with Gasteiger partial charge in [-0.3, -0.25) is 4.79 Å². The third kappa shape index (κ3) is 4.26. The normalized spacial score (nSPS) is 17.3. The van der Waals surface area contributed by atoms with E-state index in [9.17, 15) is 4.79 Å². The molecule has 7 nitrogen and oxygen atoms in total. The van der Waals surface area contributed by atoms with Gasteiger partial charge in [0.2, 0.25) is 5.91 Å². The van der Waals surface area contributed by atoms with E-state index in [0.717, 1.165) is 65.4 Å². The minimum atomic E-state index is 0.00746. The van der Waals surface area contributed by atoms with E-state index in [1.54, 1.807) is 6.07 Å². The summed E-state index contributed by atoms with van der Waals surface area (Å²) in [4.78, 5) is 18.7. The summed E-state index contributed by atoms with van der Waals surface area (Å²) < 4.78 is 7.95. The first kappa shape index (κ1) is 23.0. The van der Waals surface area contributed by atoms with Gasteiger partial charge >= 0.3 is 0 Å². The van der Waals surface area contributed by atoms with Crippen LogP contribution in [-0.4, -0.2) is 51.1 Å². The Labute approximate surface area is 215 Å². The first-order valence-electron chi connectivity index (χ1n) is 12.5. The molecule has 2 aliphatic rings. The largest absolute Gasteiger partial charge is 0.491 e. The summed E-state index contributed by atoms with van der Waals surface area (Å²) >= 11 is 0. The van der Waals surface area contributed by atoms with Gasteiger partial charge in [-0.2, -0.15) is 5.10 Å². The topological polar surface area (TPSA) is 71.8 Å². The standard InChI is InChI=1S/C30H27N5O2/c1-3-22-11-13-27-32-29(30(35(27)33-22)20-8-6-5-7-9-20)21-10-12-24-25(19-37-26(24)18-21)31-23-14-16-34(17-15-23)28(36)4-2/h1,4-13,18,23,25,31H,2,14-17,19H2/t25-/m0/s1. The fourth-order valence-corrected chi connectivity index (χ4v) is 5.24. The van der Waals surface area contributed by atoms with E-state index in [1.165, 1.54) is 6.08 Å². The van der Waals surface area contributed by atoms with Crippen molar-refractivity contribution in [3.05, 3.63) is 84.6 Å². The molecule has 0 unspecified atom stereocenters. The molecule has 1 saturated heterocycles. The molecule has 0 bridgehead atoms. The first-order valence-corrected chi connectivity index (χ1v) is 12.5. The molecule has 6 rings (SSSR count). The second-order valence-corrected chi connectivity index (χ2v) is 9.39. The summed E-state index contributed by atoms with van der Waals surface area (Å²) in [6, 6.07) is 20.6. The number of rotatable bonds is 5. The molecule has 4 aromatic rings. The average molecular weight is 490 g/mol. The fraction of sp³-hybridized carbons (Fsp3) is 0.233. The number of fused-ring (bicyclic) bond motifs is 2. The van der Waals surface area contributed by atoms with Crippen LogP contribution in [0.25, 0.3) is 28.2 Å². The molecule has 37 heavy (non-hydrogen) atoms. The number of hydrogen-bond donors (Lipinski definition) is 1. The van der Waals surface area contributed by atoms with Crippen molar-refractivity contribution in [3.8, 4) is 40.6 Å². The Balaban J connectivity index is 1.29. The number of benzene rings is 2. The zero-order valence-corrected chi connectivity index (χ0v) is 20.4. The number of aromatic nitrogens is 3. The van der Waals surface area contributed by atoms with Crippen LogP contribution in [0.5, 0.6) is 5.75 Å². The van der Waals surface area contributed by atoms with Crippen LogP contribution < -0.4 is 10.1 Å². The van der Waals surface area contributed by atoms with Crippen molar-refractivity contribution in [1.29, 1.82) is 0 Å². The molecule has 184 valence electrons. The second kappa shape index (κ2) is 9.57. The predicted octanol–water partition coefficient (Wildman–Crippen LogP) is 4.24. The minimum Gasteiger partial charge on any atom is -0.491 e. The molecule has 0 radical (unpaired) electrons. The molecule has 1 atom stereocenters. The molecular weight excluding hydrogens is 462 g/mol. The molecule has 4 heterocycles. The summed E-state index contributed by atoms with van der Waals surface area (Å²) in [5.41, 5.74) is 6.12. The van der Waals surface area contributed by atoms with Gasteiger partial charge in [0.25, 0.3) is 0 Å². The smallest absolute Gasteiger partial charge is 0.245 e. The Morgan fingerprint density at radius 1 is 1.11 bits per heavy atom. The summed E-state index contributed by atoms with van der Waals surface area (Å²) in [5.74, 6) is 3.49. The number of piperidine rings is 1. The van der Waals surface area contributed by atoms with Crippen LogP contribution in [0.3, 0.4) is 0 Å². The van der Waals surface area contributed by atoms with E-state index in [0.29, 0.717) is 18.3 Å². The predicted molar refractivity (Wildman–Crippen MR) is 143 cm³/mol. The Kier molecular flexibility index (Phi) is 5.95. The van der Waals surface area contributed by atoms with Gasteiger partial charge in [-0.25, -0.2) is 9.50 Å². The Morgan fingerprint density at radius 2 is 1.92 bits per heavy atom. The summed E-state index contributed by atoms with van der Waals surface area (Å²) in [6.07, 6.45) is 8.85. The molecule has 0 spiro atoms. The lowest BCUT2D eigenvalue weighted by atomic mass is 9.99. The van der Waals surface area contributed by atoms with Gasteiger partial charge in [0.05, 0.1) is 11.7 Å². The molecule has 0 aliphatic carbocycles. The third-order valence-corrected chi connectivity index (χ3v) is 7.16. The third-order valence-electron chi connectivity index (χ3n) is 7.16. The monoisotopic (exact) mass is 489 g/mol. The summed E-state index contributed by atoms with van der Waals surface area (Å²) in [5, 5.41) is 8.38. The highest BCUT2D eigenvalue weighted by molar-refractivity contribution is 5.87. The minimum absolute atomic E-state index is 0.00746. The summed E-state index contributed by atoms with van der Waals surface area (Å²) in [7, 11) is 0. The van der Waals surface area contributed by atoms with E-state index in [-0.39, 0.29) is 11.9 Å². The molecular formula is C30H27N5O2. The van der Waals surface area contributed by atoms with Crippen LogP contribution >= 0.6 is 0 Å². The SMILES string of the molecule is C#Cc1ccc2nc(-c3ccc4c(c3)OC[C@@H]4NC3CCN(C(=O)C=C)CC3)c(-c3ccccc3)n2n1. The average Bonchev–Trinajstić information content (AvgIpc) is 3.54. The Morgan fingerprint density at radius 3 is 2.68 bits per heavy atom. The second-order valence-electron chi connectivity index (χ2n) is 9.39.